The number of ketones is 1. The summed E-state index contributed by atoms with van der Waals surface area (Å²) in [6.07, 6.45) is 0. The first-order valence-corrected chi connectivity index (χ1v) is 7.41. The van der Waals surface area contributed by atoms with E-state index in [1.807, 2.05) is 48.5 Å². The predicted octanol–water partition coefficient (Wildman–Crippen LogP) is 5.22. The molecular weight excluding hydrogens is 324 g/mol. The van der Waals surface area contributed by atoms with E-state index in [4.69, 9.17) is 11.6 Å². The van der Waals surface area contributed by atoms with Crippen LogP contribution in [-0.2, 0) is 0 Å². The predicted molar refractivity (Wildman–Crippen MR) is 84.6 cm³/mol. The lowest BCUT2D eigenvalue weighted by atomic mass is 9.97. The first-order valence-electron chi connectivity index (χ1n) is 5.91. The van der Waals surface area contributed by atoms with E-state index in [9.17, 15) is 4.79 Å². The van der Waals surface area contributed by atoms with Crippen molar-refractivity contribution in [2.75, 3.05) is 5.33 Å². The van der Waals surface area contributed by atoms with Crippen molar-refractivity contribution in [2.24, 2.45) is 0 Å². The Kier molecular flexibility index (Phi) is 3.29. The minimum Gasteiger partial charge on any atom is -0.293 e. The monoisotopic (exact) mass is 332 g/mol. The van der Waals surface area contributed by atoms with Gasteiger partial charge in [0.05, 0.1) is 5.33 Å². The van der Waals surface area contributed by atoms with Gasteiger partial charge < -0.3 is 0 Å². The molecule has 0 unspecified atom stereocenters. The molecule has 0 aromatic heterocycles. The number of hydrogen-bond acceptors (Lipinski definition) is 1. The Morgan fingerprint density at radius 1 is 0.947 bits per heavy atom. The van der Waals surface area contributed by atoms with Gasteiger partial charge >= 0.3 is 0 Å². The van der Waals surface area contributed by atoms with Gasteiger partial charge in [-0.3, -0.25) is 4.79 Å². The quantitative estimate of drug-likeness (QED) is 0.357. The van der Waals surface area contributed by atoms with Crippen LogP contribution in [0.5, 0.6) is 0 Å². The highest BCUT2D eigenvalue weighted by Crippen LogP contribution is 2.33. The number of alkyl halides is 1. The molecule has 0 amide bonds. The first-order chi connectivity index (χ1) is 9.22. The second kappa shape index (κ2) is 4.95. The number of benzene rings is 3. The summed E-state index contributed by atoms with van der Waals surface area (Å²) in [5.41, 5.74) is 0.710. The average Bonchev–Trinajstić information content (AvgIpc) is 2.46. The summed E-state index contributed by atoms with van der Waals surface area (Å²) in [5, 5.41) is 5.06. The van der Waals surface area contributed by atoms with E-state index in [1.165, 1.54) is 0 Å². The molecule has 94 valence electrons. The lowest BCUT2D eigenvalue weighted by Gasteiger charge is -2.09. The maximum atomic E-state index is 12.0. The van der Waals surface area contributed by atoms with Crippen LogP contribution in [0.25, 0.3) is 21.5 Å². The van der Waals surface area contributed by atoms with Crippen LogP contribution in [0.2, 0.25) is 5.02 Å². The van der Waals surface area contributed by atoms with E-state index in [1.54, 1.807) is 0 Å². The van der Waals surface area contributed by atoms with Gasteiger partial charge in [-0.15, -0.1) is 0 Å². The van der Waals surface area contributed by atoms with Gasteiger partial charge in [-0.05, 0) is 22.2 Å². The fourth-order valence-corrected chi connectivity index (χ4v) is 2.98. The Labute approximate surface area is 124 Å². The Balaban J connectivity index is 2.49. The van der Waals surface area contributed by atoms with Crippen LogP contribution in [-0.4, -0.2) is 11.1 Å². The van der Waals surface area contributed by atoms with Crippen LogP contribution in [0, 0.1) is 0 Å². The lowest BCUT2D eigenvalue weighted by Crippen LogP contribution is -2.00. The molecule has 0 heterocycles. The number of hydrogen-bond donors (Lipinski definition) is 0. The van der Waals surface area contributed by atoms with Gasteiger partial charge in [0.2, 0.25) is 0 Å². The van der Waals surface area contributed by atoms with Crippen molar-refractivity contribution in [3.05, 3.63) is 59.1 Å². The second-order valence-electron chi connectivity index (χ2n) is 4.36. The zero-order chi connectivity index (χ0) is 13.4. The Morgan fingerprint density at radius 2 is 1.58 bits per heavy atom. The summed E-state index contributed by atoms with van der Waals surface area (Å²) in [5.74, 6) is 0.0666. The van der Waals surface area contributed by atoms with E-state index in [0.29, 0.717) is 15.9 Å². The van der Waals surface area contributed by atoms with Crippen LogP contribution in [0.4, 0.5) is 0 Å². The van der Waals surface area contributed by atoms with E-state index in [-0.39, 0.29) is 5.78 Å². The minimum atomic E-state index is 0.0666. The molecule has 3 rings (SSSR count). The highest BCUT2D eigenvalue weighted by atomic mass is 79.9. The molecule has 0 aliphatic heterocycles. The zero-order valence-electron chi connectivity index (χ0n) is 9.99. The molecule has 3 aromatic rings. The first kappa shape index (κ1) is 12.6. The van der Waals surface area contributed by atoms with Crippen molar-refractivity contribution < 1.29 is 4.79 Å². The Hall–Kier alpha value is -1.38. The Morgan fingerprint density at radius 3 is 2.32 bits per heavy atom. The molecular formula is C16H10BrClO. The largest absolute Gasteiger partial charge is 0.293 e. The Bertz CT molecular complexity index is 795. The molecule has 0 atom stereocenters. The van der Waals surface area contributed by atoms with Crippen LogP contribution in [0.3, 0.4) is 0 Å². The topological polar surface area (TPSA) is 17.1 Å². The van der Waals surface area contributed by atoms with Gasteiger partial charge in [0.15, 0.2) is 5.78 Å². The maximum Gasteiger partial charge on any atom is 0.173 e. The van der Waals surface area contributed by atoms with Gasteiger partial charge in [-0.25, -0.2) is 0 Å². The third-order valence-corrected chi connectivity index (χ3v) is 4.10. The number of halogens is 2. The van der Waals surface area contributed by atoms with Crippen molar-refractivity contribution in [1.82, 2.24) is 0 Å². The molecule has 0 saturated carbocycles. The number of Topliss-reactive ketones (excluding diaryl/α,β-unsaturated/α-hetero) is 1. The number of rotatable bonds is 2. The third kappa shape index (κ3) is 2.05. The van der Waals surface area contributed by atoms with Crippen LogP contribution < -0.4 is 0 Å². The van der Waals surface area contributed by atoms with Crippen molar-refractivity contribution in [3.63, 3.8) is 0 Å². The molecule has 0 fully saturated rings. The molecule has 1 nitrogen and oxygen atoms in total. The van der Waals surface area contributed by atoms with Crippen LogP contribution in [0.15, 0.2) is 48.5 Å². The molecule has 0 N–H and O–H groups in total. The van der Waals surface area contributed by atoms with E-state index < -0.39 is 0 Å². The number of carbonyl (C=O) groups excluding carboxylic acids is 1. The molecule has 3 aromatic carbocycles. The molecule has 0 aliphatic carbocycles. The molecule has 0 radical (unpaired) electrons. The zero-order valence-corrected chi connectivity index (χ0v) is 12.3. The molecule has 19 heavy (non-hydrogen) atoms. The maximum absolute atomic E-state index is 12.0. The van der Waals surface area contributed by atoms with Crippen LogP contribution in [0.1, 0.15) is 10.4 Å². The van der Waals surface area contributed by atoms with Gasteiger partial charge in [0, 0.05) is 16.0 Å². The van der Waals surface area contributed by atoms with Crippen molar-refractivity contribution in [3.8, 4) is 0 Å². The highest BCUT2D eigenvalue weighted by molar-refractivity contribution is 9.09. The summed E-state index contributed by atoms with van der Waals surface area (Å²) >= 11 is 9.56. The second-order valence-corrected chi connectivity index (χ2v) is 5.33. The van der Waals surface area contributed by atoms with Crippen molar-refractivity contribution in [1.29, 1.82) is 0 Å². The van der Waals surface area contributed by atoms with Gasteiger partial charge in [-0.2, -0.15) is 0 Å². The van der Waals surface area contributed by atoms with Crippen molar-refractivity contribution >= 4 is 54.9 Å². The van der Waals surface area contributed by atoms with Crippen molar-refractivity contribution in [2.45, 2.75) is 0 Å². The summed E-state index contributed by atoms with van der Waals surface area (Å²) in [4.78, 5) is 12.0. The number of carbonyl (C=O) groups is 1. The fraction of sp³-hybridized carbons (Fsp3) is 0.0625. The SMILES string of the molecule is O=C(CBr)c1cccc2c1cc(Cl)c1ccccc12. The molecule has 0 saturated heterocycles. The summed E-state index contributed by atoms with van der Waals surface area (Å²) < 4.78 is 0. The van der Waals surface area contributed by atoms with E-state index >= 15 is 0 Å². The fourth-order valence-electron chi connectivity index (χ4n) is 2.40. The lowest BCUT2D eigenvalue weighted by molar-refractivity contribution is 0.102. The van der Waals surface area contributed by atoms with Crippen LogP contribution >= 0.6 is 27.5 Å². The van der Waals surface area contributed by atoms with E-state index in [2.05, 4.69) is 15.9 Å². The summed E-state index contributed by atoms with van der Waals surface area (Å²) in [6.45, 7) is 0. The molecule has 0 bridgehead atoms. The third-order valence-electron chi connectivity index (χ3n) is 3.27. The highest BCUT2D eigenvalue weighted by Gasteiger charge is 2.12. The standard InChI is InChI=1S/C16H10BrClO/c17-9-16(19)13-7-3-6-11-10-4-1-2-5-12(10)15(18)8-14(11)13/h1-8H,9H2. The minimum absolute atomic E-state index is 0.0666. The summed E-state index contributed by atoms with van der Waals surface area (Å²) in [6, 6.07) is 15.6. The average molecular weight is 334 g/mol. The molecule has 0 spiro atoms. The number of fused-ring (bicyclic) bond motifs is 3. The molecule has 3 heteroatoms. The van der Waals surface area contributed by atoms with Gasteiger partial charge in [-0.1, -0.05) is 70.0 Å². The normalized spacial score (nSPS) is 11.1. The smallest absolute Gasteiger partial charge is 0.173 e. The molecule has 0 aliphatic rings. The van der Waals surface area contributed by atoms with Gasteiger partial charge in [0.25, 0.3) is 0 Å². The summed E-state index contributed by atoms with van der Waals surface area (Å²) in [7, 11) is 0. The van der Waals surface area contributed by atoms with Gasteiger partial charge in [0.1, 0.15) is 0 Å². The van der Waals surface area contributed by atoms with E-state index in [0.717, 1.165) is 21.5 Å².